The number of hydrogen-bond acceptors (Lipinski definition) is 7. The molecule has 8 nitrogen and oxygen atoms in total. The van der Waals surface area contributed by atoms with Gasteiger partial charge in [0, 0.05) is 63.1 Å². The van der Waals surface area contributed by atoms with Gasteiger partial charge in [0.05, 0.1) is 23.3 Å². The van der Waals surface area contributed by atoms with E-state index in [1.54, 1.807) is 4.90 Å². The summed E-state index contributed by atoms with van der Waals surface area (Å²) in [6, 6.07) is 2.46. The number of carbonyl (C=O) groups is 1. The molecule has 2 aliphatic heterocycles. The van der Waals surface area contributed by atoms with Gasteiger partial charge in [-0.15, -0.1) is 0 Å². The van der Waals surface area contributed by atoms with E-state index in [-0.39, 0.29) is 30.0 Å². The first-order valence-electron chi connectivity index (χ1n) is 13.4. The fraction of sp³-hybridized carbons (Fsp3) is 0.593. The third kappa shape index (κ3) is 5.87. The van der Waals surface area contributed by atoms with Crippen LogP contribution in [0, 0.1) is 5.82 Å². The number of aromatic nitrogens is 2. The number of alkyl halides is 3. The highest BCUT2D eigenvalue weighted by atomic mass is 19.4. The Balaban J connectivity index is 1.32. The molecule has 1 aliphatic carbocycles. The van der Waals surface area contributed by atoms with Crippen LogP contribution in [0.15, 0.2) is 24.5 Å². The Hall–Kier alpha value is -2.83. The summed E-state index contributed by atoms with van der Waals surface area (Å²) in [6.07, 6.45) is -1.79. The minimum atomic E-state index is -4.68. The molecule has 0 saturated carbocycles. The van der Waals surface area contributed by atoms with E-state index in [9.17, 15) is 23.1 Å². The molecule has 1 aromatic carbocycles. The van der Waals surface area contributed by atoms with Gasteiger partial charge >= 0.3 is 6.18 Å². The maximum Gasteiger partial charge on any atom is 0.416 e. The molecule has 3 atom stereocenters. The van der Waals surface area contributed by atoms with Crippen LogP contribution in [0.3, 0.4) is 0 Å². The summed E-state index contributed by atoms with van der Waals surface area (Å²) in [4.78, 5) is 26.2. The van der Waals surface area contributed by atoms with Gasteiger partial charge in [-0.3, -0.25) is 4.79 Å². The zero-order chi connectivity index (χ0) is 27.7. The van der Waals surface area contributed by atoms with E-state index >= 15 is 4.39 Å². The minimum absolute atomic E-state index is 0.0496. The second-order valence-corrected chi connectivity index (χ2v) is 10.5. The smallest absolute Gasteiger partial charge is 0.387 e. The topological polar surface area (TPSA) is 90.8 Å². The molecular formula is C27H33F4N5O3. The molecule has 3 aliphatic rings. The van der Waals surface area contributed by atoms with Crippen molar-refractivity contribution in [1.82, 2.24) is 20.2 Å². The number of benzene rings is 1. The van der Waals surface area contributed by atoms with Crippen molar-refractivity contribution in [2.45, 2.75) is 56.3 Å². The average molecular weight is 552 g/mol. The van der Waals surface area contributed by atoms with Crippen LogP contribution in [0.5, 0.6) is 0 Å². The van der Waals surface area contributed by atoms with Gasteiger partial charge in [0.25, 0.3) is 0 Å². The summed E-state index contributed by atoms with van der Waals surface area (Å²) < 4.78 is 59.9. The zero-order valence-electron chi connectivity index (χ0n) is 21.8. The number of halogens is 4. The predicted octanol–water partition coefficient (Wildman–Crippen LogP) is 3.38. The van der Waals surface area contributed by atoms with Crippen LogP contribution in [0.1, 0.15) is 66.5 Å². The maximum absolute atomic E-state index is 15.0. The lowest BCUT2D eigenvalue weighted by atomic mass is 9.94. The first kappa shape index (κ1) is 27.7. The van der Waals surface area contributed by atoms with E-state index in [1.807, 2.05) is 6.92 Å². The van der Waals surface area contributed by atoms with Crippen molar-refractivity contribution in [3.8, 4) is 0 Å². The van der Waals surface area contributed by atoms with Crippen molar-refractivity contribution < 1.29 is 32.2 Å². The van der Waals surface area contributed by atoms with Crippen LogP contribution in [-0.2, 0) is 15.7 Å². The number of aliphatic hydroxyl groups is 1. The normalized spacial score (nSPS) is 23.1. The summed E-state index contributed by atoms with van der Waals surface area (Å²) in [5, 5.41) is 13.6. The third-order valence-corrected chi connectivity index (χ3v) is 8.00. The molecule has 2 saturated heterocycles. The van der Waals surface area contributed by atoms with Gasteiger partial charge in [-0.05, 0) is 37.3 Å². The number of piperazine rings is 1. The molecule has 2 fully saturated rings. The van der Waals surface area contributed by atoms with Crippen LogP contribution in [-0.4, -0.2) is 77.9 Å². The number of amides is 1. The molecule has 2 N–H and O–H groups in total. The molecule has 12 heteroatoms. The SMILES string of the molecule is CC1CC(O)c2ncnc(N3CCN(C(=O)[C@H](CNC4CCOCC4)c4ccc(C(F)(F)F)cc4F)CC3)c21. The van der Waals surface area contributed by atoms with Gasteiger partial charge in [0.15, 0.2) is 0 Å². The van der Waals surface area contributed by atoms with E-state index in [2.05, 4.69) is 20.2 Å². The van der Waals surface area contributed by atoms with E-state index in [0.717, 1.165) is 36.4 Å². The zero-order valence-corrected chi connectivity index (χ0v) is 21.8. The van der Waals surface area contributed by atoms with Gasteiger partial charge in [-0.25, -0.2) is 14.4 Å². The minimum Gasteiger partial charge on any atom is -0.387 e. The van der Waals surface area contributed by atoms with Gasteiger partial charge in [0.1, 0.15) is 18.0 Å². The molecule has 2 unspecified atom stereocenters. The van der Waals surface area contributed by atoms with Gasteiger partial charge in [-0.2, -0.15) is 13.2 Å². The molecular weight excluding hydrogens is 518 g/mol. The van der Waals surface area contributed by atoms with Gasteiger partial charge in [0.2, 0.25) is 5.91 Å². The number of anilines is 1. The fourth-order valence-electron chi connectivity index (χ4n) is 5.82. The molecule has 1 aromatic heterocycles. The summed E-state index contributed by atoms with van der Waals surface area (Å²) >= 11 is 0. The Morgan fingerprint density at radius 2 is 1.90 bits per heavy atom. The molecule has 5 rings (SSSR count). The fourth-order valence-corrected chi connectivity index (χ4v) is 5.82. The van der Waals surface area contributed by atoms with Crippen molar-refractivity contribution in [3.63, 3.8) is 0 Å². The van der Waals surface area contributed by atoms with Crippen LogP contribution < -0.4 is 10.2 Å². The molecule has 2 aromatic rings. The second kappa shape index (κ2) is 11.3. The van der Waals surface area contributed by atoms with Gasteiger partial charge in [-0.1, -0.05) is 13.0 Å². The van der Waals surface area contributed by atoms with Crippen LogP contribution in [0.2, 0.25) is 0 Å². The summed E-state index contributed by atoms with van der Waals surface area (Å²) in [6.45, 7) is 4.96. The molecule has 0 bridgehead atoms. The van der Waals surface area contributed by atoms with E-state index in [0.29, 0.717) is 57.6 Å². The second-order valence-electron chi connectivity index (χ2n) is 10.5. The average Bonchev–Trinajstić information content (AvgIpc) is 3.22. The Kier molecular flexibility index (Phi) is 8.06. The van der Waals surface area contributed by atoms with Crippen LogP contribution >= 0.6 is 0 Å². The number of aliphatic hydroxyl groups excluding tert-OH is 1. The lowest BCUT2D eigenvalue weighted by molar-refractivity contribution is -0.137. The highest BCUT2D eigenvalue weighted by molar-refractivity contribution is 5.84. The number of nitrogens with zero attached hydrogens (tertiary/aromatic N) is 4. The Bertz CT molecular complexity index is 1180. The molecule has 3 heterocycles. The number of rotatable bonds is 6. The number of hydrogen-bond donors (Lipinski definition) is 2. The van der Waals surface area contributed by atoms with E-state index in [1.165, 1.54) is 6.33 Å². The number of ether oxygens (including phenoxy) is 1. The molecule has 0 spiro atoms. The summed E-state index contributed by atoms with van der Waals surface area (Å²) in [7, 11) is 0. The van der Waals surface area contributed by atoms with E-state index < -0.39 is 29.6 Å². The lowest BCUT2D eigenvalue weighted by Gasteiger charge is -2.38. The first-order valence-corrected chi connectivity index (χ1v) is 13.4. The van der Waals surface area contributed by atoms with Crippen molar-refractivity contribution >= 4 is 11.7 Å². The van der Waals surface area contributed by atoms with Crippen molar-refractivity contribution in [2.24, 2.45) is 0 Å². The standard InChI is InChI=1S/C27H33F4N5O3/c1-16-12-22(37)24-23(16)25(34-15-33-24)35-6-8-36(9-7-35)26(38)20(14-32-18-4-10-39-11-5-18)19-3-2-17(13-21(19)28)27(29,30)31/h2-3,13,15-16,18,20,22,32,37H,4-12,14H2,1H3/t16?,20-,22?/m1/s1. The summed E-state index contributed by atoms with van der Waals surface area (Å²) in [5.41, 5.74) is 0.433. The Labute approximate surface area is 224 Å². The molecule has 212 valence electrons. The number of nitrogens with one attached hydrogen (secondary N) is 1. The monoisotopic (exact) mass is 551 g/mol. The van der Waals surface area contributed by atoms with E-state index in [4.69, 9.17) is 4.74 Å². The molecule has 1 amide bonds. The highest BCUT2D eigenvalue weighted by Crippen LogP contribution is 2.43. The first-order chi connectivity index (χ1) is 18.6. The Morgan fingerprint density at radius 1 is 1.18 bits per heavy atom. The molecule has 39 heavy (non-hydrogen) atoms. The predicted molar refractivity (Wildman–Crippen MR) is 135 cm³/mol. The Morgan fingerprint density at radius 3 is 2.56 bits per heavy atom. The van der Waals surface area contributed by atoms with Gasteiger partial charge < -0.3 is 25.0 Å². The third-order valence-electron chi connectivity index (χ3n) is 8.00. The number of fused-ring (bicyclic) bond motifs is 1. The summed E-state index contributed by atoms with van der Waals surface area (Å²) in [5.74, 6) is -1.48. The molecule has 0 radical (unpaired) electrons. The largest absolute Gasteiger partial charge is 0.416 e. The van der Waals surface area contributed by atoms with Crippen molar-refractivity contribution in [2.75, 3.05) is 50.8 Å². The van der Waals surface area contributed by atoms with Crippen molar-refractivity contribution in [3.05, 3.63) is 52.7 Å². The quantitative estimate of drug-likeness (QED) is 0.532. The number of carbonyl (C=O) groups excluding carboxylic acids is 1. The van der Waals surface area contributed by atoms with Crippen LogP contribution in [0.4, 0.5) is 23.4 Å². The highest BCUT2D eigenvalue weighted by Gasteiger charge is 2.37. The van der Waals surface area contributed by atoms with Crippen molar-refractivity contribution in [1.29, 1.82) is 0 Å². The van der Waals surface area contributed by atoms with Crippen LogP contribution in [0.25, 0.3) is 0 Å². The lowest BCUT2D eigenvalue weighted by Crippen LogP contribution is -2.52. The maximum atomic E-state index is 15.0.